The van der Waals surface area contributed by atoms with Crippen LogP contribution in [0, 0.1) is 0 Å². The van der Waals surface area contributed by atoms with Gasteiger partial charge in [-0.05, 0) is 36.2 Å². The molecule has 3 nitrogen and oxygen atoms in total. The van der Waals surface area contributed by atoms with Gasteiger partial charge < -0.3 is 0 Å². The van der Waals surface area contributed by atoms with Crippen molar-refractivity contribution >= 4 is 34.7 Å². The number of carbonyl (C=O) groups is 2. The number of rotatable bonds is 4. The second-order valence-corrected chi connectivity index (χ2v) is 7.03. The molecule has 0 saturated heterocycles. The number of halogens is 1. The fraction of sp³-hybridized carbons (Fsp3) is 0.0833. The Balaban J connectivity index is 1.92. The molecule has 0 aliphatic carbocycles. The van der Waals surface area contributed by atoms with E-state index in [9.17, 15) is 9.59 Å². The first-order valence-electron chi connectivity index (χ1n) is 9.12. The molecule has 0 radical (unpaired) electrons. The summed E-state index contributed by atoms with van der Waals surface area (Å²) >= 11 is 6.03. The van der Waals surface area contributed by atoms with E-state index in [0.717, 1.165) is 5.56 Å². The van der Waals surface area contributed by atoms with Crippen LogP contribution in [-0.4, -0.2) is 11.7 Å². The largest absolute Gasteiger partial charge is 0.289 e. The van der Waals surface area contributed by atoms with E-state index in [-0.39, 0.29) is 18.1 Å². The van der Waals surface area contributed by atoms with Crippen LogP contribution >= 0.6 is 11.6 Å². The van der Waals surface area contributed by atoms with Crippen molar-refractivity contribution in [3.05, 3.63) is 107 Å². The zero-order chi connectivity index (χ0) is 19.5. The lowest BCUT2D eigenvalue weighted by Crippen LogP contribution is -2.35. The Kier molecular flexibility index (Phi) is 5.09. The molecule has 0 aromatic heterocycles. The lowest BCUT2D eigenvalue weighted by molar-refractivity contribution is -0.118. The maximum absolute atomic E-state index is 13.3. The third kappa shape index (κ3) is 3.49. The van der Waals surface area contributed by atoms with Crippen LogP contribution in [0.1, 0.15) is 28.8 Å². The van der Waals surface area contributed by atoms with Gasteiger partial charge in [0.05, 0.1) is 5.70 Å². The summed E-state index contributed by atoms with van der Waals surface area (Å²) in [5.41, 5.74) is 3.45. The van der Waals surface area contributed by atoms with Gasteiger partial charge in [0.25, 0.3) is 0 Å². The molecule has 28 heavy (non-hydrogen) atoms. The number of benzene rings is 3. The molecular formula is C24H18ClNO2. The Morgan fingerprint density at radius 2 is 1.39 bits per heavy atom. The maximum atomic E-state index is 13.3. The molecular weight excluding hydrogens is 370 g/mol. The van der Waals surface area contributed by atoms with Gasteiger partial charge in [0.15, 0.2) is 5.78 Å². The molecule has 3 aromatic rings. The zero-order valence-electron chi connectivity index (χ0n) is 15.1. The van der Waals surface area contributed by atoms with Crippen LogP contribution in [0.5, 0.6) is 0 Å². The smallest absolute Gasteiger partial charge is 0.231 e. The molecule has 0 N–H and O–H groups in total. The van der Waals surface area contributed by atoms with Gasteiger partial charge in [-0.1, -0.05) is 72.3 Å². The number of allylic oxidation sites excluding steroid dienone is 1. The van der Waals surface area contributed by atoms with E-state index in [4.69, 9.17) is 11.6 Å². The fourth-order valence-electron chi connectivity index (χ4n) is 3.47. The summed E-state index contributed by atoms with van der Waals surface area (Å²) in [7, 11) is 0. The average molecular weight is 388 g/mol. The first-order chi connectivity index (χ1) is 13.6. The lowest BCUT2D eigenvalue weighted by Gasteiger charge is -2.32. The molecule has 4 rings (SSSR count). The monoisotopic (exact) mass is 387 g/mol. The van der Waals surface area contributed by atoms with Crippen molar-refractivity contribution in [2.45, 2.75) is 12.8 Å². The van der Waals surface area contributed by atoms with Crippen molar-refractivity contribution in [1.29, 1.82) is 0 Å². The zero-order valence-corrected chi connectivity index (χ0v) is 15.9. The molecule has 3 aromatic carbocycles. The van der Waals surface area contributed by atoms with Crippen molar-refractivity contribution in [3.8, 4) is 0 Å². The Bertz CT molecular complexity index is 1040. The first-order valence-corrected chi connectivity index (χ1v) is 9.50. The molecule has 0 unspecified atom stereocenters. The lowest BCUT2D eigenvalue weighted by atomic mass is 9.90. The molecule has 1 heterocycles. The molecule has 4 heteroatoms. The van der Waals surface area contributed by atoms with Gasteiger partial charge in [-0.25, -0.2) is 0 Å². The highest BCUT2D eigenvalue weighted by Gasteiger charge is 2.32. The second-order valence-electron chi connectivity index (χ2n) is 6.59. The summed E-state index contributed by atoms with van der Waals surface area (Å²) in [6.07, 6.45) is 0.702. The van der Waals surface area contributed by atoms with Crippen LogP contribution in [0.25, 0.3) is 5.70 Å². The minimum absolute atomic E-state index is 0.0363. The Morgan fingerprint density at radius 1 is 0.786 bits per heavy atom. The molecule has 0 bridgehead atoms. The quantitative estimate of drug-likeness (QED) is 0.533. The highest BCUT2D eigenvalue weighted by atomic mass is 35.5. The topological polar surface area (TPSA) is 37.4 Å². The normalized spacial score (nSPS) is 14.3. The van der Waals surface area contributed by atoms with Crippen LogP contribution in [-0.2, 0) is 4.79 Å². The molecule has 0 atom stereocenters. The first kappa shape index (κ1) is 18.2. The van der Waals surface area contributed by atoms with E-state index < -0.39 is 0 Å². The van der Waals surface area contributed by atoms with E-state index in [1.807, 2.05) is 48.5 Å². The van der Waals surface area contributed by atoms with Crippen LogP contribution in [0.2, 0.25) is 5.02 Å². The Labute approximate surface area is 168 Å². The van der Waals surface area contributed by atoms with E-state index in [1.54, 1.807) is 41.3 Å². The van der Waals surface area contributed by atoms with Gasteiger partial charge in [0.1, 0.15) is 0 Å². The van der Waals surface area contributed by atoms with E-state index in [1.165, 1.54) is 0 Å². The second kappa shape index (κ2) is 7.83. The predicted molar refractivity (Wildman–Crippen MR) is 112 cm³/mol. The summed E-state index contributed by atoms with van der Waals surface area (Å²) in [5.74, 6) is -0.0864. The number of nitrogens with zero attached hydrogens (tertiary/aromatic N) is 1. The number of hydrogen-bond acceptors (Lipinski definition) is 2. The van der Waals surface area contributed by atoms with Crippen LogP contribution in [0.4, 0.5) is 5.69 Å². The van der Waals surface area contributed by atoms with Crippen molar-refractivity contribution in [3.63, 3.8) is 0 Å². The van der Waals surface area contributed by atoms with Crippen LogP contribution in [0.3, 0.4) is 0 Å². The number of amides is 1. The van der Waals surface area contributed by atoms with Crippen LogP contribution < -0.4 is 4.90 Å². The number of Topliss-reactive ketones (excluding diaryl/α,β-unsaturated/α-hetero) is 1. The van der Waals surface area contributed by atoms with Crippen molar-refractivity contribution in [2.24, 2.45) is 0 Å². The third-order valence-corrected chi connectivity index (χ3v) is 5.04. The average Bonchev–Trinajstić information content (AvgIpc) is 2.75. The third-order valence-electron chi connectivity index (χ3n) is 4.79. The molecule has 1 aliphatic rings. The summed E-state index contributed by atoms with van der Waals surface area (Å²) in [6.45, 7) is 0. The molecule has 0 spiro atoms. The van der Waals surface area contributed by atoms with Crippen molar-refractivity contribution in [1.82, 2.24) is 0 Å². The maximum Gasteiger partial charge on any atom is 0.231 e. The molecule has 1 amide bonds. The van der Waals surface area contributed by atoms with Gasteiger partial charge in [-0.15, -0.1) is 0 Å². The van der Waals surface area contributed by atoms with Crippen LogP contribution in [0.15, 0.2) is 90.5 Å². The van der Waals surface area contributed by atoms with Gasteiger partial charge in [-0.3, -0.25) is 14.5 Å². The molecule has 1 aliphatic heterocycles. The van der Waals surface area contributed by atoms with Gasteiger partial charge in [0.2, 0.25) is 5.91 Å². The van der Waals surface area contributed by atoms with E-state index in [0.29, 0.717) is 34.0 Å². The van der Waals surface area contributed by atoms with Crippen molar-refractivity contribution < 1.29 is 9.59 Å². The minimum Gasteiger partial charge on any atom is -0.289 e. The summed E-state index contributed by atoms with van der Waals surface area (Å²) < 4.78 is 0. The predicted octanol–water partition coefficient (Wildman–Crippen LogP) is 5.76. The number of anilines is 1. The molecule has 0 fully saturated rings. The van der Waals surface area contributed by atoms with Gasteiger partial charge >= 0.3 is 0 Å². The number of hydrogen-bond donors (Lipinski definition) is 0. The Hall–Kier alpha value is -3.17. The van der Waals surface area contributed by atoms with Gasteiger partial charge in [-0.2, -0.15) is 0 Å². The van der Waals surface area contributed by atoms with Crippen molar-refractivity contribution in [2.75, 3.05) is 4.90 Å². The minimum atomic E-state index is -0.0501. The molecule has 138 valence electrons. The molecule has 0 saturated carbocycles. The summed E-state index contributed by atoms with van der Waals surface area (Å²) in [4.78, 5) is 27.9. The van der Waals surface area contributed by atoms with E-state index >= 15 is 0 Å². The Morgan fingerprint density at radius 3 is 2.04 bits per heavy atom. The fourth-order valence-corrected chi connectivity index (χ4v) is 3.60. The highest BCUT2D eigenvalue weighted by Crippen LogP contribution is 2.37. The standard InChI is InChI=1S/C24H18ClNO2/c25-19-11-13-20(14-12-19)26-22(27)16-15-21(23(26)17-7-3-1-4-8-17)24(28)18-9-5-2-6-10-18/h1-14H,15-16H2. The highest BCUT2D eigenvalue weighted by molar-refractivity contribution is 6.30. The summed E-state index contributed by atoms with van der Waals surface area (Å²) in [6, 6.07) is 25.9. The SMILES string of the molecule is O=C(C1=C(c2ccccc2)N(c2ccc(Cl)cc2)C(=O)CC1)c1ccccc1. The number of ketones is 1. The summed E-state index contributed by atoms with van der Waals surface area (Å²) in [5, 5.41) is 0.596. The number of carbonyl (C=O) groups excluding carboxylic acids is 2. The van der Waals surface area contributed by atoms with E-state index in [2.05, 4.69) is 0 Å². The van der Waals surface area contributed by atoms with Gasteiger partial charge in [0, 0.05) is 28.3 Å².